The second-order valence-electron chi connectivity index (χ2n) is 1.58. The Morgan fingerprint density at radius 1 is 1.89 bits per heavy atom. The van der Waals surface area contributed by atoms with Gasteiger partial charge in [0, 0.05) is 6.21 Å². The van der Waals surface area contributed by atoms with Crippen LogP contribution in [0.1, 0.15) is 6.92 Å². The fourth-order valence-electron chi connectivity index (χ4n) is 0.206. The van der Waals surface area contributed by atoms with Crippen LogP contribution in [0.2, 0.25) is 0 Å². The van der Waals surface area contributed by atoms with Crippen LogP contribution >= 0.6 is 12.2 Å². The maximum atomic E-state index is 5.06. The third kappa shape index (κ3) is 7.10. The van der Waals surface area contributed by atoms with Crippen LogP contribution in [0.5, 0.6) is 0 Å². The van der Waals surface area contributed by atoms with E-state index in [4.69, 9.17) is 5.73 Å². The predicted molar refractivity (Wildman–Crippen MR) is 43.2 cm³/mol. The molecule has 0 radical (unpaired) electrons. The SMILES string of the molecule is C=C(C)/C=N\NC(N)=S. The molecule has 0 aliphatic rings. The molecule has 0 rings (SSSR count). The monoisotopic (exact) mass is 143 g/mol. The molecule has 0 aliphatic heterocycles. The Bertz CT molecular complexity index is 150. The fourth-order valence-corrected chi connectivity index (χ4v) is 0.259. The zero-order chi connectivity index (χ0) is 7.28. The van der Waals surface area contributed by atoms with Crippen molar-refractivity contribution in [2.24, 2.45) is 10.8 Å². The first-order chi connectivity index (χ1) is 4.13. The summed E-state index contributed by atoms with van der Waals surface area (Å²) in [4.78, 5) is 0. The van der Waals surface area contributed by atoms with E-state index in [1.165, 1.54) is 0 Å². The number of nitrogens with two attached hydrogens (primary N) is 1. The summed E-state index contributed by atoms with van der Waals surface area (Å²) >= 11 is 4.47. The van der Waals surface area contributed by atoms with Gasteiger partial charge < -0.3 is 5.73 Å². The maximum absolute atomic E-state index is 5.06. The number of thiocarbonyl (C=S) groups is 1. The average molecular weight is 143 g/mol. The Kier molecular flexibility index (Phi) is 3.62. The van der Waals surface area contributed by atoms with Crippen LogP contribution in [-0.2, 0) is 0 Å². The molecule has 50 valence electrons. The molecule has 0 aromatic heterocycles. The summed E-state index contributed by atoms with van der Waals surface area (Å²) in [6.07, 6.45) is 1.54. The highest BCUT2D eigenvalue weighted by atomic mass is 32.1. The second kappa shape index (κ2) is 4.03. The lowest BCUT2D eigenvalue weighted by atomic mass is 10.4. The molecular weight excluding hydrogens is 134 g/mol. The van der Waals surface area contributed by atoms with Gasteiger partial charge in [0.1, 0.15) is 0 Å². The summed E-state index contributed by atoms with van der Waals surface area (Å²) < 4.78 is 0. The summed E-state index contributed by atoms with van der Waals surface area (Å²) in [5.74, 6) is 0. The van der Waals surface area contributed by atoms with Crippen LogP contribution in [-0.4, -0.2) is 11.3 Å². The molecular formula is C5H9N3S. The van der Waals surface area contributed by atoms with Gasteiger partial charge >= 0.3 is 0 Å². The number of hydrogen-bond acceptors (Lipinski definition) is 2. The van der Waals surface area contributed by atoms with E-state index < -0.39 is 0 Å². The third-order valence-corrected chi connectivity index (χ3v) is 0.551. The number of allylic oxidation sites excluding steroid dienone is 1. The lowest BCUT2D eigenvalue weighted by Gasteiger charge is -1.91. The van der Waals surface area contributed by atoms with Gasteiger partial charge in [0.15, 0.2) is 5.11 Å². The largest absolute Gasteiger partial charge is 0.375 e. The standard InChI is InChI=1S/C5H9N3S/c1-4(2)3-7-8-5(6)9/h3H,1H2,2H3,(H3,6,8,9)/b7-3-. The van der Waals surface area contributed by atoms with Crippen molar-refractivity contribution in [3.8, 4) is 0 Å². The van der Waals surface area contributed by atoms with E-state index in [2.05, 4.69) is 29.3 Å². The molecule has 0 unspecified atom stereocenters. The van der Waals surface area contributed by atoms with Gasteiger partial charge in [0.05, 0.1) is 0 Å². The van der Waals surface area contributed by atoms with Gasteiger partial charge in [-0.15, -0.1) is 0 Å². The highest BCUT2D eigenvalue weighted by molar-refractivity contribution is 7.80. The van der Waals surface area contributed by atoms with Crippen LogP contribution in [0.25, 0.3) is 0 Å². The highest BCUT2D eigenvalue weighted by Gasteiger charge is 1.77. The molecule has 0 heterocycles. The van der Waals surface area contributed by atoms with Gasteiger partial charge in [0.2, 0.25) is 0 Å². The number of hydrazone groups is 1. The minimum Gasteiger partial charge on any atom is -0.375 e. The normalized spacial score (nSPS) is 9.44. The Hall–Kier alpha value is -0.900. The van der Waals surface area contributed by atoms with E-state index in [1.807, 2.05) is 6.92 Å². The van der Waals surface area contributed by atoms with Crippen LogP contribution in [0.4, 0.5) is 0 Å². The van der Waals surface area contributed by atoms with Gasteiger partial charge in [0.25, 0.3) is 0 Å². The molecule has 4 heteroatoms. The maximum Gasteiger partial charge on any atom is 0.184 e. The minimum atomic E-state index is 0.160. The van der Waals surface area contributed by atoms with Crippen molar-refractivity contribution in [3.63, 3.8) is 0 Å². The van der Waals surface area contributed by atoms with Crippen molar-refractivity contribution < 1.29 is 0 Å². The minimum absolute atomic E-state index is 0.160. The van der Waals surface area contributed by atoms with Crippen molar-refractivity contribution in [1.29, 1.82) is 0 Å². The first-order valence-corrected chi connectivity index (χ1v) is 2.78. The molecule has 0 saturated carbocycles. The van der Waals surface area contributed by atoms with Gasteiger partial charge in [-0.25, -0.2) is 0 Å². The molecule has 0 bridgehead atoms. The number of hydrogen-bond donors (Lipinski definition) is 2. The van der Waals surface area contributed by atoms with Crippen molar-refractivity contribution in [2.75, 3.05) is 0 Å². The first-order valence-electron chi connectivity index (χ1n) is 2.37. The van der Waals surface area contributed by atoms with E-state index in [9.17, 15) is 0 Å². The number of rotatable bonds is 2. The van der Waals surface area contributed by atoms with Crippen molar-refractivity contribution >= 4 is 23.5 Å². The quantitative estimate of drug-likeness (QED) is 0.334. The summed E-state index contributed by atoms with van der Waals surface area (Å²) in [5, 5.41) is 3.79. The van der Waals surface area contributed by atoms with E-state index in [0.29, 0.717) is 0 Å². The van der Waals surface area contributed by atoms with Gasteiger partial charge in [-0.3, -0.25) is 5.43 Å². The van der Waals surface area contributed by atoms with Crippen LogP contribution < -0.4 is 11.2 Å². The Morgan fingerprint density at radius 2 is 2.44 bits per heavy atom. The molecule has 9 heavy (non-hydrogen) atoms. The van der Waals surface area contributed by atoms with E-state index in [-0.39, 0.29) is 5.11 Å². The van der Waals surface area contributed by atoms with E-state index in [1.54, 1.807) is 6.21 Å². The van der Waals surface area contributed by atoms with Crippen molar-refractivity contribution in [1.82, 2.24) is 5.43 Å². The average Bonchev–Trinajstić information content (AvgIpc) is 1.63. The molecule has 0 aromatic carbocycles. The fraction of sp³-hybridized carbons (Fsp3) is 0.200. The zero-order valence-electron chi connectivity index (χ0n) is 5.22. The smallest absolute Gasteiger partial charge is 0.184 e. The first kappa shape index (κ1) is 8.10. The number of nitrogens with one attached hydrogen (secondary N) is 1. The Balaban J connectivity index is 3.48. The topological polar surface area (TPSA) is 50.4 Å². The molecule has 0 aromatic rings. The van der Waals surface area contributed by atoms with Crippen LogP contribution in [0.15, 0.2) is 17.3 Å². The van der Waals surface area contributed by atoms with E-state index >= 15 is 0 Å². The lowest BCUT2D eigenvalue weighted by molar-refractivity contribution is 1.04. The molecule has 0 aliphatic carbocycles. The molecule has 3 N–H and O–H groups in total. The van der Waals surface area contributed by atoms with Crippen molar-refractivity contribution in [3.05, 3.63) is 12.2 Å². The summed E-state index contributed by atoms with van der Waals surface area (Å²) in [5.41, 5.74) is 8.30. The van der Waals surface area contributed by atoms with Crippen LogP contribution in [0, 0.1) is 0 Å². The third-order valence-electron chi connectivity index (χ3n) is 0.460. The molecule has 3 nitrogen and oxygen atoms in total. The highest BCUT2D eigenvalue weighted by Crippen LogP contribution is 1.76. The predicted octanol–water partition coefficient (Wildman–Crippen LogP) is 0.382. The van der Waals surface area contributed by atoms with Crippen LogP contribution in [0.3, 0.4) is 0 Å². The molecule has 0 spiro atoms. The zero-order valence-corrected chi connectivity index (χ0v) is 6.03. The summed E-state index contributed by atoms with van der Waals surface area (Å²) in [7, 11) is 0. The summed E-state index contributed by atoms with van der Waals surface area (Å²) in [6.45, 7) is 5.40. The Labute approximate surface area is 59.6 Å². The molecule has 0 saturated heterocycles. The molecule has 0 fully saturated rings. The Morgan fingerprint density at radius 3 is 2.78 bits per heavy atom. The van der Waals surface area contributed by atoms with Gasteiger partial charge in [-0.05, 0) is 24.7 Å². The van der Waals surface area contributed by atoms with Crippen molar-refractivity contribution in [2.45, 2.75) is 6.92 Å². The summed E-state index contributed by atoms with van der Waals surface area (Å²) in [6, 6.07) is 0. The van der Waals surface area contributed by atoms with E-state index in [0.717, 1.165) is 5.57 Å². The lowest BCUT2D eigenvalue weighted by Crippen LogP contribution is -2.23. The van der Waals surface area contributed by atoms with Gasteiger partial charge in [-0.1, -0.05) is 6.58 Å². The van der Waals surface area contributed by atoms with Gasteiger partial charge in [-0.2, -0.15) is 5.10 Å². The second-order valence-corrected chi connectivity index (χ2v) is 2.02. The number of nitrogens with zero attached hydrogens (tertiary/aromatic N) is 1. The molecule has 0 atom stereocenters. The molecule has 0 amide bonds.